The average molecular weight is 274 g/mol. The Balaban J connectivity index is 2.32. The van der Waals surface area contributed by atoms with Crippen molar-refractivity contribution in [1.82, 2.24) is 15.2 Å². The zero-order valence-corrected chi connectivity index (χ0v) is 12.2. The quantitative estimate of drug-likeness (QED) is 0.626. The Kier molecular flexibility index (Phi) is 4.76. The van der Waals surface area contributed by atoms with Gasteiger partial charge in [-0.1, -0.05) is 12.1 Å². The zero-order valence-electron chi connectivity index (χ0n) is 12.2. The Morgan fingerprint density at radius 1 is 1.35 bits per heavy atom. The number of nitrogens with one attached hydrogen (secondary N) is 1. The van der Waals surface area contributed by atoms with Crippen LogP contribution in [0.15, 0.2) is 36.5 Å². The van der Waals surface area contributed by atoms with Crippen molar-refractivity contribution in [3.63, 3.8) is 0 Å². The SMILES string of the molecule is CCn1nccc1C(NN)c1cccc(OC(C)C)c1. The molecule has 3 N–H and O–H groups in total. The molecule has 20 heavy (non-hydrogen) atoms. The number of aryl methyl sites for hydroxylation is 1. The van der Waals surface area contributed by atoms with E-state index in [1.54, 1.807) is 6.20 Å². The first-order valence-corrected chi connectivity index (χ1v) is 6.90. The molecule has 1 unspecified atom stereocenters. The van der Waals surface area contributed by atoms with Gasteiger partial charge in [0.1, 0.15) is 5.75 Å². The van der Waals surface area contributed by atoms with Crippen molar-refractivity contribution in [2.75, 3.05) is 0 Å². The van der Waals surface area contributed by atoms with E-state index < -0.39 is 0 Å². The molecule has 1 aromatic carbocycles. The van der Waals surface area contributed by atoms with Gasteiger partial charge in [0, 0.05) is 12.7 Å². The van der Waals surface area contributed by atoms with Crippen LogP contribution >= 0.6 is 0 Å². The van der Waals surface area contributed by atoms with Crippen molar-refractivity contribution in [1.29, 1.82) is 0 Å². The summed E-state index contributed by atoms with van der Waals surface area (Å²) >= 11 is 0. The fourth-order valence-corrected chi connectivity index (χ4v) is 2.24. The van der Waals surface area contributed by atoms with Crippen LogP contribution in [0, 0.1) is 0 Å². The lowest BCUT2D eigenvalue weighted by Gasteiger charge is -2.19. The highest BCUT2D eigenvalue weighted by Crippen LogP contribution is 2.25. The summed E-state index contributed by atoms with van der Waals surface area (Å²) in [4.78, 5) is 0. The Hall–Kier alpha value is -1.85. The molecule has 1 aromatic heterocycles. The predicted molar refractivity (Wildman–Crippen MR) is 79.3 cm³/mol. The first kappa shape index (κ1) is 14.6. The fourth-order valence-electron chi connectivity index (χ4n) is 2.24. The Bertz CT molecular complexity index is 550. The van der Waals surface area contributed by atoms with Crippen LogP contribution in [-0.2, 0) is 6.54 Å². The minimum atomic E-state index is -0.104. The summed E-state index contributed by atoms with van der Waals surface area (Å²) in [7, 11) is 0. The van der Waals surface area contributed by atoms with Crippen LogP contribution in [-0.4, -0.2) is 15.9 Å². The molecule has 0 aliphatic carbocycles. The van der Waals surface area contributed by atoms with Crippen LogP contribution in [0.2, 0.25) is 0 Å². The van der Waals surface area contributed by atoms with Gasteiger partial charge in [-0.25, -0.2) is 5.43 Å². The van der Waals surface area contributed by atoms with E-state index in [1.807, 2.05) is 48.9 Å². The zero-order chi connectivity index (χ0) is 14.5. The number of nitrogens with two attached hydrogens (primary N) is 1. The fraction of sp³-hybridized carbons (Fsp3) is 0.400. The van der Waals surface area contributed by atoms with Crippen molar-refractivity contribution >= 4 is 0 Å². The van der Waals surface area contributed by atoms with Gasteiger partial charge in [-0.2, -0.15) is 5.10 Å². The van der Waals surface area contributed by atoms with Gasteiger partial charge >= 0.3 is 0 Å². The molecular weight excluding hydrogens is 252 g/mol. The van der Waals surface area contributed by atoms with Gasteiger partial charge in [0.05, 0.1) is 17.8 Å². The predicted octanol–water partition coefficient (Wildman–Crippen LogP) is 2.24. The lowest BCUT2D eigenvalue weighted by molar-refractivity contribution is 0.242. The van der Waals surface area contributed by atoms with E-state index in [-0.39, 0.29) is 12.1 Å². The summed E-state index contributed by atoms with van der Waals surface area (Å²) in [5.41, 5.74) is 4.95. The van der Waals surface area contributed by atoms with Crippen molar-refractivity contribution in [2.24, 2.45) is 5.84 Å². The topological polar surface area (TPSA) is 65.1 Å². The third kappa shape index (κ3) is 3.18. The highest BCUT2D eigenvalue weighted by molar-refractivity contribution is 5.34. The maximum atomic E-state index is 5.74. The van der Waals surface area contributed by atoms with Crippen LogP contribution in [0.25, 0.3) is 0 Å². The summed E-state index contributed by atoms with van der Waals surface area (Å²) < 4.78 is 7.66. The number of ether oxygens (including phenoxy) is 1. The molecule has 0 saturated carbocycles. The molecule has 0 aliphatic heterocycles. The van der Waals surface area contributed by atoms with Gasteiger partial charge in [-0.15, -0.1) is 0 Å². The van der Waals surface area contributed by atoms with E-state index in [9.17, 15) is 0 Å². The maximum Gasteiger partial charge on any atom is 0.120 e. The van der Waals surface area contributed by atoms with Crippen molar-refractivity contribution < 1.29 is 4.74 Å². The summed E-state index contributed by atoms with van der Waals surface area (Å²) in [5.74, 6) is 6.59. The van der Waals surface area contributed by atoms with Gasteiger partial charge in [0.2, 0.25) is 0 Å². The lowest BCUT2D eigenvalue weighted by Crippen LogP contribution is -2.30. The minimum absolute atomic E-state index is 0.104. The molecule has 1 atom stereocenters. The van der Waals surface area contributed by atoms with Crippen molar-refractivity contribution in [3.05, 3.63) is 47.8 Å². The van der Waals surface area contributed by atoms with Crippen molar-refractivity contribution in [3.8, 4) is 5.75 Å². The molecule has 1 heterocycles. The van der Waals surface area contributed by atoms with Crippen molar-refractivity contribution in [2.45, 2.75) is 39.5 Å². The molecule has 2 rings (SSSR count). The van der Waals surface area contributed by atoms with Crippen LogP contribution in [0.3, 0.4) is 0 Å². The van der Waals surface area contributed by atoms with E-state index in [4.69, 9.17) is 10.6 Å². The second kappa shape index (κ2) is 6.54. The summed E-state index contributed by atoms with van der Waals surface area (Å²) in [6, 6.07) is 9.85. The Labute approximate surface area is 119 Å². The smallest absolute Gasteiger partial charge is 0.120 e. The van der Waals surface area contributed by atoms with Crippen LogP contribution in [0.4, 0.5) is 0 Å². The molecule has 0 amide bonds. The molecular formula is C15H22N4O. The highest BCUT2D eigenvalue weighted by Gasteiger charge is 2.17. The van der Waals surface area contributed by atoms with E-state index in [1.165, 1.54) is 0 Å². The number of rotatable bonds is 6. The van der Waals surface area contributed by atoms with Gasteiger partial charge in [-0.05, 0) is 44.5 Å². The molecule has 0 radical (unpaired) electrons. The van der Waals surface area contributed by atoms with Crippen LogP contribution < -0.4 is 16.0 Å². The lowest BCUT2D eigenvalue weighted by atomic mass is 10.0. The Morgan fingerprint density at radius 2 is 2.15 bits per heavy atom. The maximum absolute atomic E-state index is 5.74. The average Bonchev–Trinajstić information content (AvgIpc) is 2.87. The Morgan fingerprint density at radius 3 is 2.80 bits per heavy atom. The number of hydrogen-bond donors (Lipinski definition) is 2. The highest BCUT2D eigenvalue weighted by atomic mass is 16.5. The first-order valence-electron chi connectivity index (χ1n) is 6.90. The molecule has 2 aromatic rings. The van der Waals surface area contributed by atoms with E-state index in [0.717, 1.165) is 23.6 Å². The molecule has 0 bridgehead atoms. The number of hydrazine groups is 1. The number of hydrogen-bond acceptors (Lipinski definition) is 4. The molecule has 0 aliphatic rings. The second-order valence-electron chi connectivity index (χ2n) is 4.91. The van der Waals surface area contributed by atoms with Crippen LogP contribution in [0.1, 0.15) is 38.1 Å². The number of aromatic nitrogens is 2. The third-order valence-electron chi connectivity index (χ3n) is 3.07. The van der Waals surface area contributed by atoms with Crippen LogP contribution in [0.5, 0.6) is 5.75 Å². The number of nitrogens with zero attached hydrogens (tertiary/aromatic N) is 2. The first-order chi connectivity index (χ1) is 9.65. The van der Waals surface area contributed by atoms with Gasteiger partial charge in [-0.3, -0.25) is 10.5 Å². The minimum Gasteiger partial charge on any atom is -0.491 e. The molecule has 108 valence electrons. The number of benzene rings is 1. The van der Waals surface area contributed by atoms with Gasteiger partial charge in [0.25, 0.3) is 0 Å². The molecule has 5 nitrogen and oxygen atoms in total. The van der Waals surface area contributed by atoms with E-state index in [0.29, 0.717) is 0 Å². The summed E-state index contributed by atoms with van der Waals surface area (Å²) in [6.45, 7) is 6.89. The normalized spacial score (nSPS) is 12.7. The summed E-state index contributed by atoms with van der Waals surface area (Å²) in [5, 5.41) is 4.29. The van der Waals surface area contributed by atoms with E-state index in [2.05, 4.69) is 17.4 Å². The third-order valence-corrected chi connectivity index (χ3v) is 3.07. The van der Waals surface area contributed by atoms with Gasteiger partial charge in [0.15, 0.2) is 0 Å². The molecule has 0 fully saturated rings. The standard InChI is InChI=1S/C15H22N4O/c1-4-19-14(8-9-17-19)15(18-16)12-6-5-7-13(10-12)20-11(2)3/h5-11,15,18H,4,16H2,1-3H3. The monoisotopic (exact) mass is 274 g/mol. The molecule has 5 heteroatoms. The molecule has 0 saturated heterocycles. The summed E-state index contributed by atoms with van der Waals surface area (Å²) in [6.07, 6.45) is 1.94. The molecule has 0 spiro atoms. The van der Waals surface area contributed by atoms with Gasteiger partial charge < -0.3 is 4.74 Å². The second-order valence-corrected chi connectivity index (χ2v) is 4.91. The van der Waals surface area contributed by atoms with E-state index >= 15 is 0 Å². The largest absolute Gasteiger partial charge is 0.491 e.